The van der Waals surface area contributed by atoms with Crippen molar-refractivity contribution < 1.29 is 9.90 Å². The number of hydrogen-bond donors (Lipinski definition) is 2. The number of aryl methyl sites for hydroxylation is 1. The van der Waals surface area contributed by atoms with Crippen LogP contribution < -0.4 is 5.32 Å². The molecule has 90 valence electrons. The highest BCUT2D eigenvalue weighted by atomic mass is 16.3. The van der Waals surface area contributed by atoms with E-state index < -0.39 is 6.10 Å². The molecule has 2 N–H and O–H groups in total. The van der Waals surface area contributed by atoms with E-state index in [1.54, 1.807) is 17.9 Å². The van der Waals surface area contributed by atoms with Crippen LogP contribution in [0.25, 0.3) is 0 Å². The lowest BCUT2D eigenvalue weighted by molar-refractivity contribution is 0.0587. The van der Waals surface area contributed by atoms with Gasteiger partial charge in [-0.1, -0.05) is 20.8 Å². The monoisotopic (exact) mass is 225 g/mol. The predicted octanol–water partition coefficient (Wildman–Crippen LogP) is 0.557. The molecule has 1 amide bonds. The van der Waals surface area contributed by atoms with E-state index in [1.165, 1.54) is 6.20 Å². The summed E-state index contributed by atoms with van der Waals surface area (Å²) in [6.07, 6.45) is 2.57. The SMILES string of the molecule is Cn1cc(C(=O)NCC(O)C(C)(C)C)cn1. The number of nitrogens with one attached hydrogen (secondary N) is 1. The first-order chi connectivity index (χ1) is 7.30. The Hall–Kier alpha value is -1.36. The third kappa shape index (κ3) is 3.34. The summed E-state index contributed by atoms with van der Waals surface area (Å²) in [5, 5.41) is 16.3. The Morgan fingerprint density at radius 1 is 1.62 bits per heavy atom. The molecule has 0 aliphatic carbocycles. The summed E-state index contributed by atoms with van der Waals surface area (Å²) in [6.45, 7) is 6.02. The van der Waals surface area contributed by atoms with Gasteiger partial charge >= 0.3 is 0 Å². The topological polar surface area (TPSA) is 67.2 Å². The Labute approximate surface area is 95.5 Å². The van der Waals surface area contributed by atoms with Crippen molar-refractivity contribution in [3.8, 4) is 0 Å². The fourth-order valence-corrected chi connectivity index (χ4v) is 1.14. The molecule has 1 aromatic rings. The highest BCUT2D eigenvalue weighted by Gasteiger charge is 2.22. The fourth-order valence-electron chi connectivity index (χ4n) is 1.14. The van der Waals surface area contributed by atoms with Gasteiger partial charge in [-0.15, -0.1) is 0 Å². The average Bonchev–Trinajstić information content (AvgIpc) is 2.59. The van der Waals surface area contributed by atoms with Crippen LogP contribution in [0.2, 0.25) is 0 Å². The lowest BCUT2D eigenvalue weighted by Crippen LogP contribution is -2.39. The molecule has 0 radical (unpaired) electrons. The number of carbonyl (C=O) groups is 1. The Morgan fingerprint density at radius 3 is 2.69 bits per heavy atom. The molecule has 1 rings (SSSR count). The lowest BCUT2D eigenvalue weighted by atomic mass is 9.89. The van der Waals surface area contributed by atoms with E-state index in [9.17, 15) is 9.90 Å². The van der Waals surface area contributed by atoms with E-state index >= 15 is 0 Å². The summed E-state index contributed by atoms with van der Waals surface area (Å²) in [7, 11) is 1.75. The molecule has 1 heterocycles. The maximum absolute atomic E-state index is 11.6. The average molecular weight is 225 g/mol. The summed E-state index contributed by atoms with van der Waals surface area (Å²) in [5.74, 6) is -0.212. The third-order valence-corrected chi connectivity index (χ3v) is 2.42. The van der Waals surface area contributed by atoms with Crippen LogP contribution in [0, 0.1) is 5.41 Å². The van der Waals surface area contributed by atoms with Gasteiger partial charge in [-0.3, -0.25) is 9.48 Å². The Kier molecular flexibility index (Phi) is 3.70. The summed E-state index contributed by atoms with van der Waals surface area (Å²) in [4.78, 5) is 11.6. The van der Waals surface area contributed by atoms with Crippen LogP contribution >= 0.6 is 0 Å². The van der Waals surface area contributed by atoms with Crippen LogP contribution in [0.1, 0.15) is 31.1 Å². The summed E-state index contributed by atoms with van der Waals surface area (Å²) < 4.78 is 1.56. The standard InChI is InChI=1S/C11H19N3O2/c1-11(2,3)9(15)6-12-10(16)8-5-13-14(4)7-8/h5,7,9,15H,6H2,1-4H3,(H,12,16). The molecule has 0 aliphatic heterocycles. The number of aromatic nitrogens is 2. The zero-order valence-electron chi connectivity index (χ0n) is 10.2. The largest absolute Gasteiger partial charge is 0.391 e. The Bertz CT molecular complexity index is 366. The van der Waals surface area contributed by atoms with Gasteiger partial charge < -0.3 is 10.4 Å². The molecule has 5 nitrogen and oxygen atoms in total. The van der Waals surface area contributed by atoms with Crippen molar-refractivity contribution in [1.82, 2.24) is 15.1 Å². The van der Waals surface area contributed by atoms with Crippen molar-refractivity contribution in [2.75, 3.05) is 6.54 Å². The first-order valence-electron chi connectivity index (χ1n) is 5.25. The zero-order valence-corrected chi connectivity index (χ0v) is 10.2. The molecular formula is C11H19N3O2. The van der Waals surface area contributed by atoms with Crippen LogP contribution in [0.3, 0.4) is 0 Å². The Balaban J connectivity index is 2.48. The fraction of sp³-hybridized carbons (Fsp3) is 0.636. The van der Waals surface area contributed by atoms with Crippen molar-refractivity contribution in [1.29, 1.82) is 0 Å². The number of amides is 1. The summed E-state index contributed by atoms with van der Waals surface area (Å²) in [6, 6.07) is 0. The minimum absolute atomic E-state index is 0.212. The van der Waals surface area contributed by atoms with E-state index in [2.05, 4.69) is 10.4 Å². The third-order valence-electron chi connectivity index (χ3n) is 2.42. The van der Waals surface area contributed by atoms with Gasteiger partial charge in [0.25, 0.3) is 5.91 Å². The van der Waals surface area contributed by atoms with E-state index in [4.69, 9.17) is 0 Å². The molecule has 16 heavy (non-hydrogen) atoms. The first-order valence-corrected chi connectivity index (χ1v) is 5.25. The molecule has 0 saturated heterocycles. The first kappa shape index (κ1) is 12.7. The highest BCUT2D eigenvalue weighted by molar-refractivity contribution is 5.93. The van der Waals surface area contributed by atoms with Crippen LogP contribution in [-0.2, 0) is 7.05 Å². The van der Waals surface area contributed by atoms with Gasteiger partial charge in [0.2, 0.25) is 0 Å². The number of carbonyl (C=O) groups excluding carboxylic acids is 1. The van der Waals surface area contributed by atoms with E-state index in [-0.39, 0.29) is 17.9 Å². The maximum atomic E-state index is 11.6. The van der Waals surface area contributed by atoms with E-state index in [0.29, 0.717) is 5.56 Å². The van der Waals surface area contributed by atoms with Gasteiger partial charge in [-0.2, -0.15) is 5.10 Å². The summed E-state index contributed by atoms with van der Waals surface area (Å²) >= 11 is 0. The number of nitrogens with zero attached hydrogens (tertiary/aromatic N) is 2. The van der Waals surface area contributed by atoms with Crippen molar-refractivity contribution in [3.05, 3.63) is 18.0 Å². The number of hydrogen-bond acceptors (Lipinski definition) is 3. The van der Waals surface area contributed by atoms with Crippen molar-refractivity contribution in [2.24, 2.45) is 12.5 Å². The number of aliphatic hydroxyl groups is 1. The minimum Gasteiger partial charge on any atom is -0.391 e. The van der Waals surface area contributed by atoms with Crippen molar-refractivity contribution in [3.63, 3.8) is 0 Å². The predicted molar refractivity (Wildman–Crippen MR) is 61.0 cm³/mol. The molecule has 0 aromatic carbocycles. The highest BCUT2D eigenvalue weighted by Crippen LogP contribution is 2.18. The molecule has 0 saturated carbocycles. The van der Waals surface area contributed by atoms with Crippen molar-refractivity contribution >= 4 is 5.91 Å². The molecular weight excluding hydrogens is 206 g/mol. The van der Waals surface area contributed by atoms with Crippen molar-refractivity contribution in [2.45, 2.75) is 26.9 Å². The van der Waals surface area contributed by atoms with Gasteiger partial charge in [0.1, 0.15) is 0 Å². The second-order valence-electron chi connectivity index (χ2n) is 4.99. The second-order valence-corrected chi connectivity index (χ2v) is 4.99. The lowest BCUT2D eigenvalue weighted by Gasteiger charge is -2.25. The normalized spacial score (nSPS) is 13.6. The summed E-state index contributed by atoms with van der Waals surface area (Å²) in [5.41, 5.74) is 0.269. The number of aliphatic hydroxyl groups excluding tert-OH is 1. The van der Waals surface area contributed by atoms with Gasteiger partial charge in [0.15, 0.2) is 0 Å². The van der Waals surface area contributed by atoms with E-state index in [0.717, 1.165) is 0 Å². The smallest absolute Gasteiger partial charge is 0.254 e. The Morgan fingerprint density at radius 2 is 2.25 bits per heavy atom. The zero-order chi connectivity index (χ0) is 12.3. The second kappa shape index (κ2) is 4.65. The maximum Gasteiger partial charge on any atom is 0.254 e. The van der Waals surface area contributed by atoms with Gasteiger partial charge in [-0.25, -0.2) is 0 Å². The minimum atomic E-state index is -0.562. The molecule has 0 fully saturated rings. The van der Waals surface area contributed by atoms with Gasteiger partial charge in [0.05, 0.1) is 17.9 Å². The van der Waals surface area contributed by atoms with Gasteiger partial charge in [0, 0.05) is 19.8 Å². The molecule has 1 atom stereocenters. The molecule has 1 unspecified atom stereocenters. The quantitative estimate of drug-likeness (QED) is 0.789. The van der Waals surface area contributed by atoms with Crippen LogP contribution in [0.4, 0.5) is 0 Å². The van der Waals surface area contributed by atoms with E-state index in [1.807, 2.05) is 20.8 Å². The van der Waals surface area contributed by atoms with Gasteiger partial charge in [-0.05, 0) is 5.41 Å². The molecule has 0 aliphatic rings. The van der Waals surface area contributed by atoms with Crippen LogP contribution in [-0.4, -0.2) is 33.4 Å². The van der Waals surface area contributed by atoms with Crippen LogP contribution in [0.5, 0.6) is 0 Å². The number of rotatable bonds is 3. The molecule has 0 bridgehead atoms. The molecule has 5 heteroatoms. The molecule has 1 aromatic heterocycles. The van der Waals surface area contributed by atoms with Crippen LogP contribution in [0.15, 0.2) is 12.4 Å². The molecule has 0 spiro atoms.